The number of cyclic esters (lactones) is 1. The summed E-state index contributed by atoms with van der Waals surface area (Å²) >= 11 is 0. The summed E-state index contributed by atoms with van der Waals surface area (Å²) in [7, 11) is -1.37. The molecule has 3 aliphatic rings. The molecule has 0 bridgehead atoms. The van der Waals surface area contributed by atoms with Gasteiger partial charge in [0.2, 0.25) is 0 Å². The predicted octanol–water partition coefficient (Wildman–Crippen LogP) is 6.62. The summed E-state index contributed by atoms with van der Waals surface area (Å²) in [4.78, 5) is 25.8. The highest BCUT2D eigenvalue weighted by Crippen LogP contribution is 2.45. The molecule has 0 saturated carbocycles. The molecule has 0 aromatic carbocycles. The zero-order valence-corrected chi connectivity index (χ0v) is 25.1. The maximum Gasteiger partial charge on any atom is 0.334 e. The number of carbonyl (C=O) groups excluding carboxylic acids is 2. The van der Waals surface area contributed by atoms with E-state index in [1.54, 1.807) is 0 Å². The summed E-state index contributed by atoms with van der Waals surface area (Å²) in [6, 6.07) is 0. The van der Waals surface area contributed by atoms with Crippen LogP contribution in [0.15, 0.2) is 23.8 Å². The van der Waals surface area contributed by atoms with Crippen LogP contribution in [-0.4, -0.2) is 39.3 Å². The molecule has 1 fully saturated rings. The average Bonchev–Trinajstić information content (AvgIpc) is 2.79. The molecule has 0 spiro atoms. The number of ether oxygens (including phenoxy) is 2. The lowest BCUT2D eigenvalue weighted by molar-refractivity contribution is -0.177. The zero-order chi connectivity index (χ0) is 26.6. The first-order valence-corrected chi connectivity index (χ1v) is 17.1. The second kappa shape index (κ2) is 12.4. The molecular formula is C30H50O5Si. The number of rotatable bonds is 9. The molecular weight excluding hydrogens is 468 g/mol. The fourth-order valence-corrected chi connectivity index (χ4v) is 7.31. The van der Waals surface area contributed by atoms with Crippen molar-refractivity contribution in [1.29, 1.82) is 0 Å². The second-order valence-electron chi connectivity index (χ2n) is 12.8. The molecule has 0 amide bonds. The van der Waals surface area contributed by atoms with Crippen molar-refractivity contribution in [1.82, 2.24) is 0 Å². The van der Waals surface area contributed by atoms with E-state index in [2.05, 4.69) is 65.9 Å². The van der Waals surface area contributed by atoms with Crippen molar-refractivity contribution < 1.29 is 23.5 Å². The summed E-state index contributed by atoms with van der Waals surface area (Å²) in [5, 5.41) is 0. The lowest BCUT2D eigenvalue weighted by Gasteiger charge is -2.44. The third-order valence-electron chi connectivity index (χ3n) is 8.49. The first kappa shape index (κ1) is 29.2. The average molecular weight is 519 g/mol. The number of esters is 2. The Labute approximate surface area is 221 Å². The number of carbonyl (C=O) groups is 2. The Kier molecular flexibility index (Phi) is 10.1. The lowest BCUT2D eigenvalue weighted by Crippen LogP contribution is -2.50. The Morgan fingerprint density at radius 2 is 1.97 bits per heavy atom. The monoisotopic (exact) mass is 518 g/mol. The van der Waals surface area contributed by atoms with Crippen molar-refractivity contribution in [2.24, 2.45) is 35.0 Å². The first-order chi connectivity index (χ1) is 16.9. The summed E-state index contributed by atoms with van der Waals surface area (Å²) < 4.78 is 18.3. The summed E-state index contributed by atoms with van der Waals surface area (Å²) in [6.45, 7) is 17.2. The lowest BCUT2D eigenvalue weighted by atomic mass is 9.66. The van der Waals surface area contributed by atoms with Crippen molar-refractivity contribution >= 4 is 21.0 Å². The molecule has 0 radical (unpaired) electrons. The SMILES string of the molecule is CCC[C@H](C)C(=O)O[C@H]1CCC=C2C=C[C@H](C)[C@H](CC[C@@H]3C[C@H](C(C)(C)C)C(O[SiH](C)C)C(=O)O3)[C@H]21. The standard InChI is InChI=1S/C30H50O5Si/c1-9-11-20(3)28(31)34-25-13-10-12-21-15-14-19(2)23(26(21)25)17-16-22-18-24(30(4,5)6)27(29(32)33-22)35-36(7)8/h12,14-15,19-20,22-27,36H,9-11,13,16-18H2,1-8H3/t19-,20-,22+,23-,24-,25-,26-,27?/m0/s1. The van der Waals surface area contributed by atoms with E-state index in [4.69, 9.17) is 13.9 Å². The fraction of sp³-hybridized carbons (Fsp3) is 0.800. The van der Waals surface area contributed by atoms with Crippen LogP contribution >= 0.6 is 0 Å². The van der Waals surface area contributed by atoms with E-state index in [1.807, 2.05) is 6.92 Å². The minimum Gasteiger partial charge on any atom is -0.461 e. The first-order valence-electron chi connectivity index (χ1n) is 14.4. The van der Waals surface area contributed by atoms with Gasteiger partial charge in [-0.05, 0) is 74.4 Å². The van der Waals surface area contributed by atoms with Crippen molar-refractivity contribution in [3.8, 4) is 0 Å². The van der Waals surface area contributed by atoms with Crippen LogP contribution in [0.4, 0.5) is 0 Å². The molecule has 0 aromatic rings. The molecule has 36 heavy (non-hydrogen) atoms. The van der Waals surface area contributed by atoms with E-state index in [9.17, 15) is 9.59 Å². The van der Waals surface area contributed by atoms with Gasteiger partial charge in [0.05, 0.1) is 5.92 Å². The number of hydrogen-bond donors (Lipinski definition) is 0. The van der Waals surface area contributed by atoms with Crippen LogP contribution < -0.4 is 0 Å². The van der Waals surface area contributed by atoms with Gasteiger partial charge in [-0.3, -0.25) is 4.79 Å². The van der Waals surface area contributed by atoms with E-state index in [1.165, 1.54) is 5.57 Å². The predicted molar refractivity (Wildman–Crippen MR) is 147 cm³/mol. The van der Waals surface area contributed by atoms with Crippen molar-refractivity contribution in [3.63, 3.8) is 0 Å². The number of fused-ring (bicyclic) bond motifs is 1. The largest absolute Gasteiger partial charge is 0.461 e. The van der Waals surface area contributed by atoms with Crippen LogP contribution in [0.3, 0.4) is 0 Å². The molecule has 0 N–H and O–H groups in total. The molecule has 3 rings (SSSR count). The maximum absolute atomic E-state index is 13.0. The number of hydrogen-bond acceptors (Lipinski definition) is 5. The Hall–Kier alpha value is -1.40. The molecule has 1 heterocycles. The molecule has 1 aliphatic heterocycles. The van der Waals surface area contributed by atoms with Gasteiger partial charge in [0.25, 0.3) is 0 Å². The fourth-order valence-electron chi connectivity index (χ4n) is 6.43. The molecule has 6 heteroatoms. The normalized spacial score (nSPS) is 33.5. The van der Waals surface area contributed by atoms with Crippen molar-refractivity contribution in [3.05, 3.63) is 23.8 Å². The van der Waals surface area contributed by atoms with Crippen LogP contribution in [0.5, 0.6) is 0 Å². The Morgan fingerprint density at radius 1 is 1.25 bits per heavy atom. The van der Waals surface area contributed by atoms with E-state index in [-0.39, 0.29) is 47.3 Å². The Morgan fingerprint density at radius 3 is 2.61 bits per heavy atom. The zero-order valence-electron chi connectivity index (χ0n) is 23.9. The Balaban J connectivity index is 1.72. The maximum atomic E-state index is 13.0. The summed E-state index contributed by atoms with van der Waals surface area (Å²) in [5.74, 6) is 0.833. The minimum absolute atomic E-state index is 0.0275. The third-order valence-corrected chi connectivity index (χ3v) is 9.33. The van der Waals surface area contributed by atoms with Crippen molar-refractivity contribution in [2.45, 2.75) is 118 Å². The van der Waals surface area contributed by atoms with Gasteiger partial charge in [-0.15, -0.1) is 0 Å². The molecule has 5 nitrogen and oxygen atoms in total. The van der Waals surface area contributed by atoms with Gasteiger partial charge in [-0.2, -0.15) is 0 Å². The van der Waals surface area contributed by atoms with E-state index in [0.29, 0.717) is 11.8 Å². The van der Waals surface area contributed by atoms with Gasteiger partial charge in [-0.1, -0.05) is 66.2 Å². The van der Waals surface area contributed by atoms with Crippen LogP contribution in [0.25, 0.3) is 0 Å². The smallest absolute Gasteiger partial charge is 0.334 e. The van der Waals surface area contributed by atoms with Crippen LogP contribution in [0, 0.1) is 35.0 Å². The van der Waals surface area contributed by atoms with Crippen LogP contribution in [0.2, 0.25) is 13.1 Å². The van der Waals surface area contributed by atoms with Gasteiger partial charge < -0.3 is 13.9 Å². The highest BCUT2D eigenvalue weighted by atomic mass is 28.3. The van der Waals surface area contributed by atoms with Gasteiger partial charge >= 0.3 is 11.9 Å². The third kappa shape index (κ3) is 7.12. The molecule has 204 valence electrons. The summed E-state index contributed by atoms with van der Waals surface area (Å²) in [5.41, 5.74) is 1.29. The van der Waals surface area contributed by atoms with E-state index < -0.39 is 15.1 Å². The van der Waals surface area contributed by atoms with Gasteiger partial charge in [0.15, 0.2) is 9.04 Å². The van der Waals surface area contributed by atoms with Gasteiger partial charge in [-0.25, -0.2) is 4.79 Å². The quantitative estimate of drug-likeness (QED) is 0.254. The van der Waals surface area contributed by atoms with Crippen molar-refractivity contribution in [2.75, 3.05) is 0 Å². The van der Waals surface area contributed by atoms with E-state index >= 15 is 0 Å². The van der Waals surface area contributed by atoms with Gasteiger partial charge in [0, 0.05) is 11.8 Å². The topological polar surface area (TPSA) is 61.8 Å². The van der Waals surface area contributed by atoms with Crippen LogP contribution in [-0.2, 0) is 23.5 Å². The number of allylic oxidation sites excluding steroid dienone is 3. The summed E-state index contributed by atoms with van der Waals surface area (Å²) in [6.07, 6.45) is 12.6. The minimum atomic E-state index is -1.37. The molecule has 8 atom stereocenters. The molecule has 1 saturated heterocycles. The molecule has 2 aliphatic carbocycles. The second-order valence-corrected chi connectivity index (χ2v) is 15.2. The van der Waals surface area contributed by atoms with Gasteiger partial charge in [0.1, 0.15) is 18.3 Å². The highest BCUT2D eigenvalue weighted by molar-refractivity contribution is 6.48. The molecule has 0 aromatic heterocycles. The van der Waals surface area contributed by atoms with Crippen LogP contribution in [0.1, 0.15) is 86.5 Å². The van der Waals surface area contributed by atoms with E-state index in [0.717, 1.165) is 44.9 Å². The molecule has 1 unspecified atom stereocenters. The Bertz CT molecular complexity index is 826. The highest BCUT2D eigenvalue weighted by Gasteiger charge is 2.46.